The molecule has 0 aliphatic heterocycles. The highest BCUT2D eigenvalue weighted by Crippen LogP contribution is 2.18. The predicted octanol–water partition coefficient (Wildman–Crippen LogP) is 0.958. The number of para-hydroxylation sites is 1. The van der Waals surface area contributed by atoms with E-state index in [2.05, 4.69) is 9.97 Å². The van der Waals surface area contributed by atoms with Gasteiger partial charge in [0.2, 0.25) is 5.95 Å². The van der Waals surface area contributed by atoms with Crippen LogP contribution in [0, 0.1) is 0 Å². The lowest BCUT2D eigenvalue weighted by Gasteiger charge is -2.14. The predicted molar refractivity (Wildman–Crippen MR) is 96.5 cm³/mol. The van der Waals surface area contributed by atoms with Crippen molar-refractivity contribution in [2.75, 3.05) is 25.6 Å². The number of hydrogen-bond donors (Lipinski definition) is 1. The van der Waals surface area contributed by atoms with Gasteiger partial charge in [0.25, 0.3) is 5.56 Å². The largest absolute Gasteiger partial charge is 0.494 e. The molecular formula is C17H21N5O3. The number of nitrogens with one attached hydrogen (secondary N) is 1. The molecule has 3 aromatic rings. The van der Waals surface area contributed by atoms with Crippen LogP contribution in [0.5, 0.6) is 5.75 Å². The number of hydrogen-bond acceptors (Lipinski definition) is 5. The van der Waals surface area contributed by atoms with Gasteiger partial charge in [-0.2, -0.15) is 4.98 Å². The lowest BCUT2D eigenvalue weighted by Crippen LogP contribution is -2.29. The van der Waals surface area contributed by atoms with Crippen LogP contribution in [0.1, 0.15) is 6.42 Å². The second kappa shape index (κ2) is 6.84. The zero-order valence-electron chi connectivity index (χ0n) is 14.5. The van der Waals surface area contributed by atoms with Gasteiger partial charge in [-0.1, -0.05) is 18.2 Å². The zero-order valence-corrected chi connectivity index (χ0v) is 14.5. The van der Waals surface area contributed by atoms with Gasteiger partial charge in [-0.05, 0) is 18.6 Å². The molecular weight excluding hydrogens is 322 g/mol. The molecule has 0 aliphatic carbocycles. The van der Waals surface area contributed by atoms with Gasteiger partial charge in [-0.3, -0.25) is 14.3 Å². The number of anilines is 1. The Hall–Kier alpha value is -3.03. The lowest BCUT2D eigenvalue weighted by atomic mass is 10.3. The summed E-state index contributed by atoms with van der Waals surface area (Å²) in [6.45, 7) is 1.07. The fourth-order valence-electron chi connectivity index (χ4n) is 2.71. The summed E-state index contributed by atoms with van der Waals surface area (Å²) in [5.74, 6) is 1.44. The van der Waals surface area contributed by atoms with E-state index in [4.69, 9.17) is 4.74 Å². The van der Waals surface area contributed by atoms with Crippen molar-refractivity contribution in [2.45, 2.75) is 13.0 Å². The third-order valence-corrected chi connectivity index (χ3v) is 3.92. The molecule has 1 N–H and O–H groups in total. The molecule has 0 aliphatic rings. The van der Waals surface area contributed by atoms with E-state index in [0.29, 0.717) is 36.7 Å². The van der Waals surface area contributed by atoms with E-state index in [-0.39, 0.29) is 0 Å². The van der Waals surface area contributed by atoms with Crippen LogP contribution in [-0.2, 0) is 13.6 Å². The zero-order chi connectivity index (χ0) is 18.0. The van der Waals surface area contributed by atoms with Crippen LogP contribution in [0.2, 0.25) is 0 Å². The van der Waals surface area contributed by atoms with Crippen LogP contribution in [-0.4, -0.2) is 39.8 Å². The Balaban J connectivity index is 1.87. The summed E-state index contributed by atoms with van der Waals surface area (Å²) in [5, 5.41) is 0. The molecule has 132 valence electrons. The fraction of sp³-hybridized carbons (Fsp3) is 0.353. The maximum atomic E-state index is 12.3. The minimum Gasteiger partial charge on any atom is -0.494 e. The number of fused-ring (bicyclic) bond motifs is 1. The molecule has 0 fully saturated rings. The highest BCUT2D eigenvalue weighted by atomic mass is 16.5. The number of ether oxygens (including phenoxy) is 1. The number of benzene rings is 1. The van der Waals surface area contributed by atoms with Gasteiger partial charge in [-0.25, -0.2) is 4.79 Å². The van der Waals surface area contributed by atoms with Crippen molar-refractivity contribution >= 4 is 17.1 Å². The molecule has 0 bridgehead atoms. The maximum Gasteiger partial charge on any atom is 0.329 e. The average Bonchev–Trinajstić information content (AvgIpc) is 2.98. The van der Waals surface area contributed by atoms with Crippen LogP contribution >= 0.6 is 0 Å². The molecule has 3 rings (SSSR count). The van der Waals surface area contributed by atoms with Crippen LogP contribution in [0.3, 0.4) is 0 Å². The molecule has 8 nitrogen and oxygen atoms in total. The molecule has 2 aromatic heterocycles. The summed E-state index contributed by atoms with van der Waals surface area (Å²) < 4.78 is 8.87. The Bertz CT molecular complexity index is 985. The first-order valence-electron chi connectivity index (χ1n) is 8.03. The highest BCUT2D eigenvalue weighted by Gasteiger charge is 2.18. The van der Waals surface area contributed by atoms with Gasteiger partial charge in [-0.15, -0.1) is 0 Å². The van der Waals surface area contributed by atoms with E-state index < -0.39 is 11.2 Å². The number of aromatic nitrogens is 4. The van der Waals surface area contributed by atoms with Crippen molar-refractivity contribution in [3.05, 3.63) is 51.2 Å². The first-order valence-corrected chi connectivity index (χ1v) is 8.03. The van der Waals surface area contributed by atoms with Gasteiger partial charge >= 0.3 is 5.69 Å². The van der Waals surface area contributed by atoms with E-state index in [1.54, 1.807) is 7.05 Å². The highest BCUT2D eigenvalue weighted by molar-refractivity contribution is 5.74. The Kier molecular flexibility index (Phi) is 4.60. The molecule has 25 heavy (non-hydrogen) atoms. The summed E-state index contributed by atoms with van der Waals surface area (Å²) >= 11 is 0. The summed E-state index contributed by atoms with van der Waals surface area (Å²) in [6, 6.07) is 9.58. The van der Waals surface area contributed by atoms with E-state index >= 15 is 0 Å². The molecule has 0 radical (unpaired) electrons. The molecule has 2 heterocycles. The summed E-state index contributed by atoms with van der Waals surface area (Å²) in [5.41, 5.74) is -0.130. The minimum atomic E-state index is -0.472. The SMILES string of the molecule is CN(C)c1nc2c(c(=O)[nH]c(=O)n2C)n1CCCOc1ccccc1. The normalized spacial score (nSPS) is 11.0. The van der Waals surface area contributed by atoms with Gasteiger partial charge in [0.1, 0.15) is 5.75 Å². The second-order valence-electron chi connectivity index (χ2n) is 5.96. The van der Waals surface area contributed by atoms with Gasteiger partial charge < -0.3 is 14.2 Å². The molecule has 0 saturated carbocycles. The number of aromatic amines is 1. The third-order valence-electron chi connectivity index (χ3n) is 3.92. The monoisotopic (exact) mass is 343 g/mol. The van der Waals surface area contributed by atoms with Crippen molar-refractivity contribution in [2.24, 2.45) is 7.05 Å². The number of rotatable bonds is 6. The van der Waals surface area contributed by atoms with Crippen molar-refractivity contribution in [1.29, 1.82) is 0 Å². The molecule has 0 saturated heterocycles. The lowest BCUT2D eigenvalue weighted by molar-refractivity contribution is 0.302. The van der Waals surface area contributed by atoms with E-state index in [9.17, 15) is 9.59 Å². The Morgan fingerprint density at radius 1 is 1.20 bits per heavy atom. The van der Waals surface area contributed by atoms with Gasteiger partial charge in [0.05, 0.1) is 6.61 Å². The van der Waals surface area contributed by atoms with Crippen molar-refractivity contribution < 1.29 is 4.74 Å². The van der Waals surface area contributed by atoms with Gasteiger partial charge in [0, 0.05) is 27.7 Å². The molecule has 0 spiro atoms. The molecule has 0 amide bonds. The standard InChI is InChI=1S/C17H21N5O3/c1-20(2)16-18-14-13(15(23)19-17(24)21(14)3)22(16)10-7-11-25-12-8-5-4-6-9-12/h4-6,8-9H,7,10-11H2,1-3H3,(H,19,23,24). The van der Waals surface area contributed by atoms with Crippen molar-refractivity contribution in [3.8, 4) is 5.75 Å². The number of H-pyrrole nitrogens is 1. The number of aryl methyl sites for hydroxylation is 2. The van der Waals surface area contributed by atoms with Crippen molar-refractivity contribution in [3.63, 3.8) is 0 Å². The van der Waals surface area contributed by atoms with Crippen molar-refractivity contribution in [1.82, 2.24) is 19.1 Å². The minimum absolute atomic E-state index is 0.376. The summed E-state index contributed by atoms with van der Waals surface area (Å²) in [7, 11) is 5.30. The summed E-state index contributed by atoms with van der Waals surface area (Å²) in [4.78, 5) is 32.7. The third kappa shape index (κ3) is 3.28. The first kappa shape index (κ1) is 16.8. The summed E-state index contributed by atoms with van der Waals surface area (Å²) in [6.07, 6.45) is 0.698. The van der Waals surface area contributed by atoms with Crippen LogP contribution in [0.25, 0.3) is 11.2 Å². The quantitative estimate of drug-likeness (QED) is 0.674. The number of nitrogens with zero attached hydrogens (tertiary/aromatic N) is 4. The van der Waals surface area contributed by atoms with Crippen LogP contribution < -0.4 is 20.9 Å². The van der Waals surface area contributed by atoms with Crippen LogP contribution in [0.4, 0.5) is 5.95 Å². The Labute approximate surface area is 144 Å². The van der Waals surface area contributed by atoms with Crippen LogP contribution in [0.15, 0.2) is 39.9 Å². The maximum absolute atomic E-state index is 12.3. The molecule has 8 heteroatoms. The Morgan fingerprint density at radius 3 is 2.60 bits per heavy atom. The average molecular weight is 343 g/mol. The first-order chi connectivity index (χ1) is 12.0. The van der Waals surface area contributed by atoms with E-state index in [1.807, 2.05) is 53.9 Å². The van der Waals surface area contributed by atoms with Gasteiger partial charge in [0.15, 0.2) is 11.2 Å². The van der Waals surface area contributed by atoms with E-state index in [1.165, 1.54) is 4.57 Å². The Morgan fingerprint density at radius 2 is 1.92 bits per heavy atom. The molecule has 1 aromatic carbocycles. The molecule has 0 unspecified atom stereocenters. The molecule has 0 atom stereocenters. The second-order valence-corrected chi connectivity index (χ2v) is 5.96. The fourth-order valence-corrected chi connectivity index (χ4v) is 2.71. The smallest absolute Gasteiger partial charge is 0.329 e. The topological polar surface area (TPSA) is 85.2 Å². The van der Waals surface area contributed by atoms with E-state index in [0.717, 1.165) is 5.75 Å². The number of imidazole rings is 1.